The van der Waals surface area contributed by atoms with Crippen LogP contribution in [-0.2, 0) is 9.53 Å². The Labute approximate surface area is 198 Å². The number of nitrogens with zero attached hydrogens (tertiary/aromatic N) is 1. The molecule has 0 aromatic heterocycles. The molecule has 3 spiro atoms. The largest absolute Gasteiger partial charge is 0.395 e. The van der Waals surface area contributed by atoms with E-state index in [1.54, 1.807) is 0 Å². The van der Waals surface area contributed by atoms with Crippen molar-refractivity contribution >= 4 is 5.78 Å². The number of piperidine rings is 1. The maximum Gasteiger partial charge on any atom is 0.155 e. The molecule has 8 rings (SSSR count). The van der Waals surface area contributed by atoms with Gasteiger partial charge in [-0.1, -0.05) is 19.4 Å². The van der Waals surface area contributed by atoms with Crippen LogP contribution >= 0.6 is 0 Å². The third-order valence-electron chi connectivity index (χ3n) is 13.2. The zero-order valence-corrected chi connectivity index (χ0v) is 20.5. The highest BCUT2D eigenvalue weighted by Gasteiger charge is 2.91. The van der Waals surface area contributed by atoms with Gasteiger partial charge >= 0.3 is 0 Å². The van der Waals surface area contributed by atoms with Gasteiger partial charge in [0.1, 0.15) is 0 Å². The number of β-amino-alcohol motifs (C(OH)–C–C–N with tert-alkyl or cyclic N) is 1. The van der Waals surface area contributed by atoms with Crippen LogP contribution in [-0.4, -0.2) is 53.2 Å². The van der Waals surface area contributed by atoms with Crippen molar-refractivity contribution in [1.82, 2.24) is 4.90 Å². The topological polar surface area (TPSA) is 49.8 Å². The first kappa shape index (κ1) is 20.5. The third-order valence-corrected chi connectivity index (χ3v) is 13.2. The molecule has 2 saturated heterocycles. The summed E-state index contributed by atoms with van der Waals surface area (Å²) >= 11 is 0. The molecular weight excluding hydrogens is 410 g/mol. The minimum absolute atomic E-state index is 0.145. The molecule has 0 aromatic carbocycles. The summed E-state index contributed by atoms with van der Waals surface area (Å²) in [6.07, 6.45) is 14.9. The first-order valence-corrected chi connectivity index (χ1v) is 14.1. The minimum Gasteiger partial charge on any atom is -0.395 e. The van der Waals surface area contributed by atoms with E-state index in [0.29, 0.717) is 40.6 Å². The highest BCUT2D eigenvalue weighted by atomic mass is 16.5. The lowest BCUT2D eigenvalue weighted by atomic mass is 9.47. The van der Waals surface area contributed by atoms with E-state index in [0.717, 1.165) is 43.7 Å². The van der Waals surface area contributed by atoms with E-state index in [9.17, 15) is 9.90 Å². The van der Waals surface area contributed by atoms with E-state index in [1.165, 1.54) is 56.9 Å². The van der Waals surface area contributed by atoms with Crippen molar-refractivity contribution in [3.8, 4) is 0 Å². The zero-order chi connectivity index (χ0) is 22.4. The van der Waals surface area contributed by atoms with E-state index in [1.807, 2.05) is 0 Å². The summed E-state index contributed by atoms with van der Waals surface area (Å²) in [7, 11) is 0. The number of carbonyl (C=O) groups excluding carboxylic acids is 1. The van der Waals surface area contributed by atoms with Gasteiger partial charge in [-0.2, -0.15) is 0 Å². The Kier molecular flexibility index (Phi) is 3.82. The molecule has 0 bridgehead atoms. The van der Waals surface area contributed by atoms with Crippen molar-refractivity contribution in [2.45, 2.75) is 95.8 Å². The number of fused-ring (bicyclic) bond motifs is 6. The fourth-order valence-corrected chi connectivity index (χ4v) is 12.2. The van der Waals surface area contributed by atoms with Crippen molar-refractivity contribution in [2.75, 3.05) is 19.7 Å². The van der Waals surface area contributed by atoms with Gasteiger partial charge in [-0.3, -0.25) is 9.69 Å². The van der Waals surface area contributed by atoms with Gasteiger partial charge in [-0.05, 0) is 98.4 Å². The number of aliphatic hydroxyl groups excluding tert-OH is 1. The van der Waals surface area contributed by atoms with Crippen LogP contribution in [0.15, 0.2) is 11.6 Å². The lowest BCUT2D eigenvalue weighted by Gasteiger charge is -2.60. The second-order valence-corrected chi connectivity index (χ2v) is 14.0. The van der Waals surface area contributed by atoms with Crippen LogP contribution in [0.25, 0.3) is 0 Å². The standard InChI is InChI=1S/C29H41NO3/c1-17-11-24-25(30(15-17)9-10-31)23-14-28-16-27(28)13-22-20(21(27)6-8-29(23,28)33-24)4-3-18-12-19(32)5-7-26(18,22)2/h12,17,20-25,31H,3-11,13-16H2,1-2H3/t17-,20?,21-,22-,23+,24+,25-,26-,27?,28?,29+/m0/s1. The van der Waals surface area contributed by atoms with Crippen LogP contribution in [0.1, 0.15) is 78.1 Å². The number of aliphatic hydroxyl groups is 1. The van der Waals surface area contributed by atoms with Crippen LogP contribution in [0.3, 0.4) is 0 Å². The van der Waals surface area contributed by atoms with Gasteiger partial charge in [0, 0.05) is 36.9 Å². The Balaban J connectivity index is 1.13. The van der Waals surface area contributed by atoms with E-state index >= 15 is 0 Å². The van der Waals surface area contributed by atoms with E-state index in [2.05, 4.69) is 24.8 Å². The number of carbonyl (C=O) groups is 1. The molecule has 0 amide bonds. The first-order chi connectivity index (χ1) is 15.9. The van der Waals surface area contributed by atoms with Crippen LogP contribution in [0, 0.1) is 45.8 Å². The summed E-state index contributed by atoms with van der Waals surface area (Å²) in [6, 6.07) is 0.549. The van der Waals surface area contributed by atoms with Crippen molar-refractivity contribution in [3.63, 3.8) is 0 Å². The fourth-order valence-electron chi connectivity index (χ4n) is 12.2. The van der Waals surface area contributed by atoms with Crippen LogP contribution < -0.4 is 0 Å². The monoisotopic (exact) mass is 451 g/mol. The minimum atomic E-state index is 0.145. The normalized spacial score (nSPS) is 60.3. The lowest BCUT2D eigenvalue weighted by molar-refractivity contribution is -0.211. The molecule has 3 unspecified atom stereocenters. The quantitative estimate of drug-likeness (QED) is 0.678. The molecule has 5 saturated carbocycles. The zero-order valence-electron chi connectivity index (χ0n) is 20.5. The predicted molar refractivity (Wildman–Crippen MR) is 125 cm³/mol. The maximum absolute atomic E-state index is 12.2. The average Bonchev–Trinajstić information content (AvgIpc) is 3.25. The van der Waals surface area contributed by atoms with Gasteiger partial charge in [0.2, 0.25) is 0 Å². The third kappa shape index (κ3) is 2.13. The Hall–Kier alpha value is -0.710. The Morgan fingerprint density at radius 3 is 2.88 bits per heavy atom. The van der Waals surface area contributed by atoms with E-state index in [-0.39, 0.29) is 17.6 Å². The number of likely N-dealkylation sites (tertiary alicyclic amines) is 1. The molecule has 0 aromatic rings. The summed E-state index contributed by atoms with van der Waals surface area (Å²) in [6.45, 7) is 7.12. The second kappa shape index (κ2) is 6.16. The van der Waals surface area contributed by atoms with Gasteiger partial charge < -0.3 is 9.84 Å². The molecular formula is C29H41NO3. The number of allylic oxidation sites excluding steroid dienone is 2. The molecule has 6 aliphatic carbocycles. The Morgan fingerprint density at radius 2 is 2.03 bits per heavy atom. The molecule has 2 heterocycles. The molecule has 1 N–H and O–H groups in total. The molecule has 11 atom stereocenters. The maximum atomic E-state index is 12.2. The molecule has 8 aliphatic rings. The van der Waals surface area contributed by atoms with E-state index < -0.39 is 0 Å². The second-order valence-electron chi connectivity index (χ2n) is 14.0. The summed E-state index contributed by atoms with van der Waals surface area (Å²) in [5.41, 5.74) is 2.93. The summed E-state index contributed by atoms with van der Waals surface area (Å²) in [4.78, 5) is 14.8. The molecule has 4 nitrogen and oxygen atoms in total. The Bertz CT molecular complexity index is 961. The first-order valence-electron chi connectivity index (χ1n) is 14.1. The van der Waals surface area contributed by atoms with Gasteiger partial charge in [0.25, 0.3) is 0 Å². The van der Waals surface area contributed by atoms with Gasteiger partial charge in [0.05, 0.1) is 18.3 Å². The smallest absolute Gasteiger partial charge is 0.155 e. The number of rotatable bonds is 2. The summed E-state index contributed by atoms with van der Waals surface area (Å²) in [5.74, 6) is 4.32. The summed E-state index contributed by atoms with van der Waals surface area (Å²) in [5, 5.41) is 9.75. The van der Waals surface area contributed by atoms with Crippen LogP contribution in [0.2, 0.25) is 0 Å². The van der Waals surface area contributed by atoms with Crippen LogP contribution in [0.4, 0.5) is 0 Å². The van der Waals surface area contributed by atoms with Crippen molar-refractivity contribution < 1.29 is 14.6 Å². The molecule has 7 fully saturated rings. The predicted octanol–water partition coefficient (Wildman–Crippen LogP) is 4.36. The molecule has 2 aliphatic heterocycles. The molecule has 4 heteroatoms. The number of hydrogen-bond acceptors (Lipinski definition) is 4. The van der Waals surface area contributed by atoms with E-state index in [4.69, 9.17) is 4.74 Å². The number of ether oxygens (including phenoxy) is 1. The lowest BCUT2D eigenvalue weighted by Crippen LogP contribution is -2.64. The fraction of sp³-hybridized carbons (Fsp3) is 0.897. The number of ketones is 1. The average molecular weight is 452 g/mol. The van der Waals surface area contributed by atoms with Crippen LogP contribution in [0.5, 0.6) is 0 Å². The molecule has 180 valence electrons. The summed E-state index contributed by atoms with van der Waals surface area (Å²) < 4.78 is 7.27. The van der Waals surface area contributed by atoms with Gasteiger partial charge in [-0.25, -0.2) is 0 Å². The highest BCUT2D eigenvalue weighted by molar-refractivity contribution is 5.91. The van der Waals surface area contributed by atoms with Gasteiger partial charge in [-0.15, -0.1) is 0 Å². The molecule has 33 heavy (non-hydrogen) atoms. The van der Waals surface area contributed by atoms with Crippen molar-refractivity contribution in [2.24, 2.45) is 45.8 Å². The van der Waals surface area contributed by atoms with Crippen molar-refractivity contribution in [3.05, 3.63) is 11.6 Å². The SMILES string of the molecule is C[C@H]1C[C@H]2O[C@@]34CC[C@H]5C6CCC7=CC(=O)CC[C@]7(C)[C@H]6CC56CC63C[C@@H]4[C@@H]2N(CCO)C1. The molecule has 0 radical (unpaired) electrons. The van der Waals surface area contributed by atoms with Crippen molar-refractivity contribution in [1.29, 1.82) is 0 Å². The Morgan fingerprint density at radius 1 is 1.15 bits per heavy atom. The van der Waals surface area contributed by atoms with Gasteiger partial charge in [0.15, 0.2) is 5.78 Å². The highest BCUT2D eigenvalue weighted by Crippen LogP contribution is 2.93. The number of hydrogen-bond donors (Lipinski definition) is 1.